The van der Waals surface area contributed by atoms with Crippen LogP contribution in [0.4, 0.5) is 0 Å². The minimum Gasteiger partial charge on any atom is -0.300 e. The van der Waals surface area contributed by atoms with Crippen LogP contribution in [0.5, 0.6) is 0 Å². The molecule has 130 valence electrons. The van der Waals surface area contributed by atoms with E-state index in [1.165, 1.54) is 24.8 Å². The zero-order valence-corrected chi connectivity index (χ0v) is 15.7. The van der Waals surface area contributed by atoms with Crippen LogP contribution in [0.25, 0.3) is 0 Å². The van der Waals surface area contributed by atoms with Crippen LogP contribution in [0, 0.1) is 0 Å². The molecule has 0 bridgehead atoms. The van der Waals surface area contributed by atoms with E-state index in [0.717, 1.165) is 25.9 Å². The van der Waals surface area contributed by atoms with Crippen molar-refractivity contribution in [2.45, 2.75) is 58.9 Å². The second-order valence-electron chi connectivity index (χ2n) is 5.77. The molecule has 0 aliphatic carbocycles. The van der Waals surface area contributed by atoms with E-state index in [0.29, 0.717) is 6.04 Å². The van der Waals surface area contributed by atoms with Crippen molar-refractivity contribution < 1.29 is 0 Å². The number of nitrogens with zero attached hydrogens (tertiary/aromatic N) is 2. The Morgan fingerprint density at radius 1 is 1.13 bits per heavy atom. The van der Waals surface area contributed by atoms with Crippen molar-refractivity contribution in [3.05, 3.63) is 48.6 Å². The molecule has 0 amide bonds. The molecule has 2 heteroatoms. The van der Waals surface area contributed by atoms with Gasteiger partial charge in [-0.1, -0.05) is 63.1 Å². The van der Waals surface area contributed by atoms with Crippen LogP contribution < -0.4 is 0 Å². The first-order valence-electron chi connectivity index (χ1n) is 9.04. The molecule has 23 heavy (non-hydrogen) atoms. The molecule has 1 atom stereocenters. The number of unbranched alkanes of at least 4 members (excludes halogenated alkanes) is 2. The molecule has 0 aliphatic rings. The van der Waals surface area contributed by atoms with Crippen LogP contribution in [0.15, 0.2) is 48.0 Å². The Morgan fingerprint density at radius 2 is 1.83 bits per heavy atom. The lowest BCUT2D eigenvalue weighted by atomic mass is 10.0. The number of hydrogen-bond donors (Lipinski definition) is 0. The molecule has 1 aromatic rings. The zero-order chi connectivity index (χ0) is 17.3. The Hall–Kier alpha value is -1.41. The second kappa shape index (κ2) is 15.5. The number of hydrogen-bond acceptors (Lipinski definition) is 2. The van der Waals surface area contributed by atoms with E-state index in [9.17, 15) is 0 Å². The highest BCUT2D eigenvalue weighted by molar-refractivity contribution is 5.56. The van der Waals surface area contributed by atoms with Gasteiger partial charge in [0.25, 0.3) is 0 Å². The summed E-state index contributed by atoms with van der Waals surface area (Å²) in [6, 6.07) is 11.1. The zero-order valence-electron chi connectivity index (χ0n) is 15.7. The van der Waals surface area contributed by atoms with Gasteiger partial charge in [-0.05, 0) is 51.6 Å². The van der Waals surface area contributed by atoms with Gasteiger partial charge in [0, 0.05) is 12.6 Å². The number of benzene rings is 1. The van der Waals surface area contributed by atoms with Crippen LogP contribution in [0.1, 0.15) is 52.0 Å². The van der Waals surface area contributed by atoms with Gasteiger partial charge in [0.1, 0.15) is 0 Å². The van der Waals surface area contributed by atoms with E-state index in [4.69, 9.17) is 0 Å². The molecule has 1 rings (SSSR count). The Kier molecular flexibility index (Phi) is 14.5. The predicted molar refractivity (Wildman–Crippen MR) is 106 cm³/mol. The van der Waals surface area contributed by atoms with Crippen molar-refractivity contribution in [3.8, 4) is 0 Å². The van der Waals surface area contributed by atoms with E-state index < -0.39 is 0 Å². The second-order valence-corrected chi connectivity index (χ2v) is 5.77. The van der Waals surface area contributed by atoms with E-state index in [2.05, 4.69) is 73.8 Å². The fraction of sp³-hybridized carbons (Fsp3) is 0.571. The van der Waals surface area contributed by atoms with E-state index in [-0.39, 0.29) is 0 Å². The minimum atomic E-state index is 0.453. The molecular formula is C21H36N2. The highest BCUT2D eigenvalue weighted by Gasteiger charge is 2.10. The van der Waals surface area contributed by atoms with E-state index >= 15 is 0 Å². The fourth-order valence-corrected chi connectivity index (χ4v) is 2.31. The van der Waals surface area contributed by atoms with Gasteiger partial charge in [-0.3, -0.25) is 9.89 Å². The quantitative estimate of drug-likeness (QED) is 0.321. The smallest absolute Gasteiger partial charge is 0.0357 e. The molecule has 0 N–H and O–H groups in total. The maximum Gasteiger partial charge on any atom is 0.0357 e. The lowest BCUT2D eigenvalue weighted by Gasteiger charge is -2.25. The van der Waals surface area contributed by atoms with Crippen molar-refractivity contribution in [1.82, 2.24) is 4.90 Å². The molecule has 1 aromatic carbocycles. The van der Waals surface area contributed by atoms with Gasteiger partial charge in [-0.15, -0.1) is 6.58 Å². The third-order valence-corrected chi connectivity index (χ3v) is 3.73. The van der Waals surface area contributed by atoms with Crippen molar-refractivity contribution in [2.75, 3.05) is 20.1 Å². The normalized spacial score (nSPS) is 12.0. The van der Waals surface area contributed by atoms with Gasteiger partial charge in [0.05, 0.1) is 0 Å². The van der Waals surface area contributed by atoms with Gasteiger partial charge in [0.2, 0.25) is 0 Å². The average Bonchev–Trinajstić information content (AvgIpc) is 2.59. The maximum absolute atomic E-state index is 3.97. The molecule has 0 spiro atoms. The molecule has 0 radical (unpaired) electrons. The number of aliphatic imine (C=N–C) groups is 1. The Labute approximate surface area is 144 Å². The molecule has 0 aromatic heterocycles. The molecule has 0 fully saturated rings. The number of likely N-dealkylation sites (N-methyl/N-ethyl adjacent to an activating group) is 1. The average molecular weight is 317 g/mol. The maximum atomic E-state index is 3.97. The van der Waals surface area contributed by atoms with Crippen LogP contribution in [-0.4, -0.2) is 37.3 Å². The van der Waals surface area contributed by atoms with Gasteiger partial charge in [-0.25, -0.2) is 0 Å². The van der Waals surface area contributed by atoms with Crippen molar-refractivity contribution in [3.63, 3.8) is 0 Å². The molecule has 0 aliphatic heterocycles. The Bertz CT molecular complexity index is 392. The number of rotatable bonds is 10. The molecule has 0 saturated heterocycles. The summed E-state index contributed by atoms with van der Waals surface area (Å²) in [4.78, 5) is 6.38. The molecule has 2 nitrogen and oxygen atoms in total. The topological polar surface area (TPSA) is 15.6 Å². The van der Waals surface area contributed by atoms with Gasteiger partial charge in [-0.2, -0.15) is 0 Å². The van der Waals surface area contributed by atoms with Crippen LogP contribution in [0.3, 0.4) is 0 Å². The summed E-state index contributed by atoms with van der Waals surface area (Å²) in [6.45, 7) is 12.4. The van der Waals surface area contributed by atoms with E-state index in [1.807, 2.05) is 13.1 Å². The van der Waals surface area contributed by atoms with Crippen LogP contribution in [-0.2, 0) is 6.42 Å². The lowest BCUT2D eigenvalue weighted by molar-refractivity contribution is 0.274. The summed E-state index contributed by atoms with van der Waals surface area (Å²) in [5.41, 5.74) is 1.39. The summed E-state index contributed by atoms with van der Waals surface area (Å²) in [7, 11) is 2.20. The SMILES string of the molecule is C=CC(Cc1ccccc1)N(C)CCCCC.CCC=NCC. The molecular weight excluding hydrogens is 280 g/mol. The highest BCUT2D eigenvalue weighted by Crippen LogP contribution is 2.09. The first-order chi connectivity index (χ1) is 11.2. The van der Waals surface area contributed by atoms with Gasteiger partial charge < -0.3 is 0 Å². The largest absolute Gasteiger partial charge is 0.300 e. The molecule has 0 heterocycles. The molecule has 0 saturated carbocycles. The lowest BCUT2D eigenvalue weighted by Crippen LogP contribution is -2.32. The van der Waals surface area contributed by atoms with Gasteiger partial charge >= 0.3 is 0 Å². The standard InChI is InChI=1S/C16H25N.C5H11N/c1-4-6-10-13-17(3)16(5-2)14-15-11-8-7-9-12-15;1-3-5-6-4-2/h5,7-9,11-12,16H,2,4,6,10,13-14H2,1,3H3;5H,3-4H2,1-2H3. The van der Waals surface area contributed by atoms with Crippen molar-refractivity contribution in [1.29, 1.82) is 0 Å². The minimum absolute atomic E-state index is 0.453. The Morgan fingerprint density at radius 3 is 2.30 bits per heavy atom. The van der Waals surface area contributed by atoms with Crippen molar-refractivity contribution in [2.24, 2.45) is 4.99 Å². The first kappa shape index (κ1) is 21.6. The van der Waals surface area contributed by atoms with Crippen molar-refractivity contribution >= 4 is 6.21 Å². The van der Waals surface area contributed by atoms with Crippen LogP contribution >= 0.6 is 0 Å². The summed E-state index contributed by atoms with van der Waals surface area (Å²) >= 11 is 0. The Balaban J connectivity index is 0.000000688. The summed E-state index contributed by atoms with van der Waals surface area (Å²) in [5.74, 6) is 0. The summed E-state index contributed by atoms with van der Waals surface area (Å²) in [6.07, 6.45) is 10.0. The monoisotopic (exact) mass is 316 g/mol. The van der Waals surface area contributed by atoms with Gasteiger partial charge in [0.15, 0.2) is 0 Å². The summed E-state index contributed by atoms with van der Waals surface area (Å²) in [5, 5.41) is 0. The third-order valence-electron chi connectivity index (χ3n) is 3.73. The predicted octanol–water partition coefficient (Wildman–Crippen LogP) is 5.39. The van der Waals surface area contributed by atoms with Crippen LogP contribution in [0.2, 0.25) is 0 Å². The highest BCUT2D eigenvalue weighted by atomic mass is 15.1. The first-order valence-corrected chi connectivity index (χ1v) is 9.04. The molecule has 1 unspecified atom stereocenters. The fourth-order valence-electron chi connectivity index (χ4n) is 2.31. The van der Waals surface area contributed by atoms with E-state index in [1.54, 1.807) is 0 Å². The summed E-state index contributed by atoms with van der Waals surface area (Å²) < 4.78 is 0. The third kappa shape index (κ3) is 11.8.